The minimum Gasteiger partial charge on any atom is -0.327 e. The van der Waals surface area contributed by atoms with Crippen LogP contribution in [-0.2, 0) is 10.2 Å². The first-order chi connectivity index (χ1) is 10.7. The maximum absolute atomic E-state index is 12.9. The van der Waals surface area contributed by atoms with Gasteiger partial charge in [-0.15, -0.1) is 12.4 Å². The molecular formula is C19H27ClN2O. The van der Waals surface area contributed by atoms with Gasteiger partial charge in [-0.3, -0.25) is 4.79 Å². The van der Waals surface area contributed by atoms with E-state index in [9.17, 15) is 4.79 Å². The van der Waals surface area contributed by atoms with Gasteiger partial charge in [-0.1, -0.05) is 37.5 Å². The van der Waals surface area contributed by atoms with Crippen molar-refractivity contribution in [1.29, 1.82) is 0 Å². The number of nitrogens with zero attached hydrogens (tertiary/aromatic N) is 1. The molecule has 3 aliphatic rings. The lowest BCUT2D eigenvalue weighted by Gasteiger charge is -2.25. The molecule has 0 aromatic heterocycles. The summed E-state index contributed by atoms with van der Waals surface area (Å²) in [6.45, 7) is 0.896. The standard InChI is InChI=1S/C19H26N2O.ClH/c20-16-8-5-6-14(16)12-18(22)21-13-19(10-3-4-11-19)15-7-1-2-9-17(15)21;/h1-2,7,9,14,16H,3-6,8,10-13,20H2;1H/t14-,16+;/m0./s1. The molecule has 1 aromatic carbocycles. The third-order valence-corrected chi connectivity index (χ3v) is 6.24. The number of halogens is 1. The van der Waals surface area contributed by atoms with Crippen molar-refractivity contribution in [3.05, 3.63) is 29.8 Å². The van der Waals surface area contributed by atoms with Gasteiger partial charge in [-0.25, -0.2) is 0 Å². The molecular weight excluding hydrogens is 308 g/mol. The summed E-state index contributed by atoms with van der Waals surface area (Å²) < 4.78 is 0. The number of benzene rings is 1. The Hall–Kier alpha value is -1.06. The second-order valence-corrected chi connectivity index (χ2v) is 7.54. The zero-order valence-electron chi connectivity index (χ0n) is 13.7. The molecule has 1 amide bonds. The molecule has 1 heterocycles. The van der Waals surface area contributed by atoms with E-state index in [-0.39, 0.29) is 23.9 Å². The summed E-state index contributed by atoms with van der Waals surface area (Å²) in [7, 11) is 0. The van der Waals surface area contributed by atoms with Gasteiger partial charge in [0, 0.05) is 30.1 Å². The van der Waals surface area contributed by atoms with E-state index >= 15 is 0 Å². The van der Waals surface area contributed by atoms with Gasteiger partial charge in [-0.2, -0.15) is 0 Å². The molecule has 2 aliphatic carbocycles. The van der Waals surface area contributed by atoms with Crippen LogP contribution in [0.3, 0.4) is 0 Å². The Morgan fingerprint density at radius 1 is 1.17 bits per heavy atom. The highest BCUT2D eigenvalue weighted by Crippen LogP contribution is 2.50. The summed E-state index contributed by atoms with van der Waals surface area (Å²) >= 11 is 0. The van der Waals surface area contributed by atoms with Crippen molar-refractivity contribution < 1.29 is 4.79 Å². The monoisotopic (exact) mass is 334 g/mol. The third-order valence-electron chi connectivity index (χ3n) is 6.24. The van der Waals surface area contributed by atoms with E-state index < -0.39 is 0 Å². The maximum atomic E-state index is 12.9. The summed E-state index contributed by atoms with van der Waals surface area (Å²) in [6, 6.07) is 8.79. The summed E-state index contributed by atoms with van der Waals surface area (Å²) in [5, 5.41) is 0. The normalized spacial score (nSPS) is 28.0. The molecule has 1 aromatic rings. The van der Waals surface area contributed by atoms with Crippen LogP contribution in [0.5, 0.6) is 0 Å². The van der Waals surface area contributed by atoms with Gasteiger partial charge >= 0.3 is 0 Å². The second kappa shape index (κ2) is 6.45. The average molecular weight is 335 g/mol. The molecule has 4 heteroatoms. The summed E-state index contributed by atoms with van der Waals surface area (Å²) in [6.07, 6.45) is 9.07. The lowest BCUT2D eigenvalue weighted by atomic mass is 9.81. The van der Waals surface area contributed by atoms with Crippen LogP contribution in [0.15, 0.2) is 24.3 Å². The van der Waals surface area contributed by atoms with E-state index in [1.807, 2.05) is 0 Å². The number of para-hydroxylation sites is 1. The minimum absolute atomic E-state index is 0. The molecule has 1 spiro atoms. The fraction of sp³-hybridized carbons (Fsp3) is 0.632. The van der Waals surface area contributed by atoms with Crippen LogP contribution >= 0.6 is 12.4 Å². The van der Waals surface area contributed by atoms with Crippen LogP contribution in [0.2, 0.25) is 0 Å². The molecule has 2 atom stereocenters. The minimum atomic E-state index is 0. The zero-order chi connectivity index (χ0) is 15.2. The molecule has 0 bridgehead atoms. The fourth-order valence-corrected chi connectivity index (χ4v) is 4.99. The Kier molecular flexibility index (Phi) is 4.70. The molecule has 0 radical (unpaired) electrons. The van der Waals surface area contributed by atoms with Crippen molar-refractivity contribution in [3.8, 4) is 0 Å². The maximum Gasteiger partial charge on any atom is 0.227 e. The van der Waals surface area contributed by atoms with E-state index in [0.29, 0.717) is 18.2 Å². The van der Waals surface area contributed by atoms with Crippen LogP contribution in [0.4, 0.5) is 5.69 Å². The van der Waals surface area contributed by atoms with E-state index in [4.69, 9.17) is 5.73 Å². The van der Waals surface area contributed by atoms with Gasteiger partial charge in [0.15, 0.2) is 0 Å². The van der Waals surface area contributed by atoms with Crippen molar-refractivity contribution >= 4 is 24.0 Å². The lowest BCUT2D eigenvalue weighted by Crippen LogP contribution is -2.38. The van der Waals surface area contributed by atoms with Crippen LogP contribution in [-0.4, -0.2) is 18.5 Å². The van der Waals surface area contributed by atoms with Crippen LogP contribution < -0.4 is 10.6 Å². The highest BCUT2D eigenvalue weighted by molar-refractivity contribution is 5.96. The highest BCUT2D eigenvalue weighted by atomic mass is 35.5. The third kappa shape index (κ3) is 2.78. The van der Waals surface area contributed by atoms with Gasteiger partial charge in [0.25, 0.3) is 0 Å². The number of hydrogen-bond donors (Lipinski definition) is 1. The molecule has 4 rings (SSSR count). The quantitative estimate of drug-likeness (QED) is 0.894. The summed E-state index contributed by atoms with van der Waals surface area (Å²) in [5.41, 5.74) is 8.99. The van der Waals surface area contributed by atoms with Gasteiger partial charge in [-0.05, 0) is 43.2 Å². The molecule has 2 saturated carbocycles. The van der Waals surface area contributed by atoms with E-state index in [1.54, 1.807) is 0 Å². The van der Waals surface area contributed by atoms with Crippen LogP contribution in [0, 0.1) is 5.92 Å². The zero-order valence-corrected chi connectivity index (χ0v) is 14.5. The number of anilines is 1. The first-order valence-electron chi connectivity index (χ1n) is 8.85. The van der Waals surface area contributed by atoms with Gasteiger partial charge in [0.2, 0.25) is 5.91 Å². The Bertz CT molecular complexity index is 582. The number of fused-ring (bicyclic) bond motifs is 2. The summed E-state index contributed by atoms with van der Waals surface area (Å²) in [4.78, 5) is 15.0. The molecule has 2 N–H and O–H groups in total. The van der Waals surface area contributed by atoms with Crippen LogP contribution in [0.1, 0.15) is 56.9 Å². The Labute approximate surface area is 145 Å². The van der Waals surface area contributed by atoms with Gasteiger partial charge < -0.3 is 10.6 Å². The molecule has 3 nitrogen and oxygen atoms in total. The van der Waals surface area contributed by atoms with Gasteiger partial charge in [0.1, 0.15) is 0 Å². The van der Waals surface area contributed by atoms with E-state index in [2.05, 4.69) is 29.2 Å². The molecule has 1 aliphatic heterocycles. The van der Waals surface area contributed by atoms with Crippen molar-refractivity contribution in [2.45, 2.75) is 62.8 Å². The molecule has 126 valence electrons. The molecule has 2 fully saturated rings. The fourth-order valence-electron chi connectivity index (χ4n) is 4.99. The van der Waals surface area contributed by atoms with E-state index in [0.717, 1.165) is 19.4 Å². The van der Waals surface area contributed by atoms with Crippen molar-refractivity contribution in [2.75, 3.05) is 11.4 Å². The van der Waals surface area contributed by atoms with Crippen LogP contribution in [0.25, 0.3) is 0 Å². The van der Waals surface area contributed by atoms with Crippen molar-refractivity contribution in [3.63, 3.8) is 0 Å². The topological polar surface area (TPSA) is 46.3 Å². The number of amides is 1. The Morgan fingerprint density at radius 3 is 2.61 bits per heavy atom. The first kappa shape index (κ1) is 16.8. The highest BCUT2D eigenvalue weighted by Gasteiger charge is 2.46. The SMILES string of the molecule is Cl.N[C@@H]1CCC[C@H]1CC(=O)N1CC2(CCCC2)c2ccccc21. The predicted molar refractivity (Wildman–Crippen MR) is 96.1 cm³/mol. The number of carbonyl (C=O) groups is 1. The summed E-state index contributed by atoms with van der Waals surface area (Å²) in [5.74, 6) is 0.679. The van der Waals surface area contributed by atoms with E-state index in [1.165, 1.54) is 43.4 Å². The number of carbonyl (C=O) groups excluding carboxylic acids is 1. The number of hydrogen-bond acceptors (Lipinski definition) is 2. The number of nitrogens with two attached hydrogens (primary N) is 1. The lowest BCUT2D eigenvalue weighted by molar-refractivity contribution is -0.119. The van der Waals surface area contributed by atoms with Crippen molar-refractivity contribution in [2.24, 2.45) is 11.7 Å². The predicted octanol–water partition coefficient (Wildman–Crippen LogP) is 3.78. The molecule has 23 heavy (non-hydrogen) atoms. The molecule has 0 saturated heterocycles. The van der Waals surface area contributed by atoms with Gasteiger partial charge in [0.05, 0.1) is 0 Å². The average Bonchev–Trinajstić information content (AvgIpc) is 3.23. The largest absolute Gasteiger partial charge is 0.327 e. The Morgan fingerprint density at radius 2 is 1.91 bits per heavy atom. The smallest absolute Gasteiger partial charge is 0.227 e. The van der Waals surface area contributed by atoms with Crippen molar-refractivity contribution in [1.82, 2.24) is 0 Å². The second-order valence-electron chi connectivity index (χ2n) is 7.54. The first-order valence-corrected chi connectivity index (χ1v) is 8.85. The Balaban J connectivity index is 0.00000156. The number of rotatable bonds is 2. The molecule has 0 unspecified atom stereocenters.